The summed E-state index contributed by atoms with van der Waals surface area (Å²) in [6.45, 7) is 5.19. The van der Waals surface area contributed by atoms with E-state index in [1.54, 1.807) is 6.20 Å². The Hall–Kier alpha value is -1.61. The fourth-order valence-electron chi connectivity index (χ4n) is 2.60. The summed E-state index contributed by atoms with van der Waals surface area (Å²) in [4.78, 5) is 9.02. The van der Waals surface area contributed by atoms with Gasteiger partial charge in [0.05, 0.1) is 18.8 Å². The minimum absolute atomic E-state index is 0.131. The summed E-state index contributed by atoms with van der Waals surface area (Å²) in [6.07, 6.45) is 3.08. The van der Waals surface area contributed by atoms with Gasteiger partial charge in [0.15, 0.2) is 0 Å². The number of aliphatic hydroxyl groups is 1. The molecule has 1 saturated carbocycles. The Morgan fingerprint density at radius 3 is 2.68 bits per heavy atom. The Morgan fingerprint density at radius 2 is 2.05 bits per heavy atom. The number of nitrogens with zero attached hydrogens (tertiary/aromatic N) is 3. The smallest absolute Gasteiger partial charge is 0.138 e. The van der Waals surface area contributed by atoms with Crippen molar-refractivity contribution < 1.29 is 9.84 Å². The highest BCUT2D eigenvalue weighted by molar-refractivity contribution is 5.31. The van der Waals surface area contributed by atoms with E-state index in [0.717, 1.165) is 44.2 Å². The van der Waals surface area contributed by atoms with Crippen molar-refractivity contribution in [2.45, 2.75) is 25.0 Å². The van der Waals surface area contributed by atoms with Crippen LogP contribution in [-0.4, -0.2) is 71.9 Å². The van der Waals surface area contributed by atoms with Gasteiger partial charge in [0.1, 0.15) is 17.5 Å². The quantitative estimate of drug-likeness (QED) is 0.828. The minimum Gasteiger partial charge on any atom is -0.489 e. The summed E-state index contributed by atoms with van der Waals surface area (Å²) in [6, 6.07) is 3.79. The second-order valence-electron chi connectivity index (χ2n) is 6.13. The second-order valence-corrected chi connectivity index (χ2v) is 6.13. The molecule has 2 aliphatic rings. The van der Waals surface area contributed by atoms with Crippen molar-refractivity contribution in [3.8, 4) is 17.6 Å². The first-order valence-corrected chi connectivity index (χ1v) is 7.89. The van der Waals surface area contributed by atoms with Crippen molar-refractivity contribution >= 4 is 0 Å². The molecule has 3 rings (SSSR count). The van der Waals surface area contributed by atoms with Gasteiger partial charge in [0, 0.05) is 39.0 Å². The van der Waals surface area contributed by atoms with E-state index >= 15 is 0 Å². The zero-order chi connectivity index (χ0) is 15.4. The van der Waals surface area contributed by atoms with Crippen molar-refractivity contribution in [1.29, 1.82) is 0 Å². The molecule has 2 heterocycles. The lowest BCUT2D eigenvalue weighted by Gasteiger charge is -2.31. The zero-order valence-electron chi connectivity index (χ0n) is 13.0. The molecule has 0 aromatic carbocycles. The number of rotatable bonds is 3. The highest BCUT2D eigenvalue weighted by atomic mass is 16.5. The third-order valence-electron chi connectivity index (χ3n) is 4.22. The molecule has 0 atom stereocenters. The van der Waals surface area contributed by atoms with Gasteiger partial charge >= 0.3 is 0 Å². The van der Waals surface area contributed by atoms with Gasteiger partial charge < -0.3 is 14.7 Å². The van der Waals surface area contributed by atoms with E-state index in [1.165, 1.54) is 0 Å². The van der Waals surface area contributed by atoms with E-state index in [0.29, 0.717) is 12.8 Å². The summed E-state index contributed by atoms with van der Waals surface area (Å²) in [5, 5.41) is 9.24. The minimum atomic E-state index is -0.197. The number of hydrogen-bond donors (Lipinski definition) is 1. The summed E-state index contributed by atoms with van der Waals surface area (Å²) in [7, 11) is 2.15. The molecule has 0 radical (unpaired) electrons. The lowest BCUT2D eigenvalue weighted by Crippen LogP contribution is -2.44. The van der Waals surface area contributed by atoms with Crippen LogP contribution >= 0.6 is 0 Å². The summed E-state index contributed by atoms with van der Waals surface area (Å²) < 4.78 is 5.70. The zero-order valence-corrected chi connectivity index (χ0v) is 13.0. The van der Waals surface area contributed by atoms with Gasteiger partial charge in [-0.05, 0) is 25.1 Å². The molecule has 1 saturated heterocycles. The predicted octanol–water partition coefficient (Wildman–Crippen LogP) is 0.583. The Morgan fingerprint density at radius 1 is 1.27 bits per heavy atom. The van der Waals surface area contributed by atoms with Gasteiger partial charge in [-0.25, -0.2) is 4.98 Å². The highest BCUT2D eigenvalue weighted by Crippen LogP contribution is 2.25. The van der Waals surface area contributed by atoms with Crippen molar-refractivity contribution in [2.75, 3.05) is 39.8 Å². The van der Waals surface area contributed by atoms with E-state index in [-0.39, 0.29) is 12.2 Å². The number of hydrogen-bond acceptors (Lipinski definition) is 5. The number of aliphatic hydroxyl groups excluding tert-OH is 1. The molecule has 22 heavy (non-hydrogen) atoms. The third kappa shape index (κ3) is 4.20. The molecule has 0 unspecified atom stereocenters. The Labute approximate surface area is 131 Å². The van der Waals surface area contributed by atoms with Crippen LogP contribution in [0.4, 0.5) is 0 Å². The lowest BCUT2D eigenvalue weighted by atomic mass is 9.92. The van der Waals surface area contributed by atoms with Gasteiger partial charge in [-0.1, -0.05) is 5.92 Å². The topological polar surface area (TPSA) is 48.8 Å². The average Bonchev–Trinajstić information content (AvgIpc) is 2.49. The van der Waals surface area contributed by atoms with Crippen LogP contribution in [0.2, 0.25) is 0 Å². The van der Waals surface area contributed by atoms with Gasteiger partial charge in [-0.3, -0.25) is 4.90 Å². The number of piperazine rings is 1. The molecule has 1 N–H and O–H groups in total. The fourth-order valence-corrected chi connectivity index (χ4v) is 2.60. The first kappa shape index (κ1) is 15.3. The average molecular weight is 301 g/mol. The molecule has 2 fully saturated rings. The molecule has 1 aromatic heterocycles. The first-order chi connectivity index (χ1) is 10.7. The molecular formula is C17H23N3O2. The maximum absolute atomic E-state index is 9.24. The van der Waals surface area contributed by atoms with E-state index < -0.39 is 0 Å². The van der Waals surface area contributed by atoms with Gasteiger partial charge in [0.25, 0.3) is 0 Å². The molecule has 1 aromatic rings. The van der Waals surface area contributed by atoms with Gasteiger partial charge in [-0.2, -0.15) is 0 Å². The molecule has 118 valence electrons. The fraction of sp³-hybridized carbons (Fsp3) is 0.588. The van der Waals surface area contributed by atoms with E-state index in [9.17, 15) is 5.11 Å². The van der Waals surface area contributed by atoms with Crippen LogP contribution in [0.25, 0.3) is 0 Å². The molecule has 1 aliphatic heterocycles. The van der Waals surface area contributed by atoms with Crippen molar-refractivity contribution in [3.63, 3.8) is 0 Å². The third-order valence-corrected chi connectivity index (χ3v) is 4.22. The molecule has 0 spiro atoms. The molecule has 1 aliphatic carbocycles. The largest absolute Gasteiger partial charge is 0.489 e. The SMILES string of the molecule is CN1CCN(CC#Cc2ccc(OC3CC(O)C3)cn2)CC1. The number of pyridine rings is 1. The standard InChI is InChI=1S/C17H23N3O2/c1-19-7-9-20(10-8-19)6-2-3-14-4-5-16(13-18-14)22-17-11-15(21)12-17/h4-5,13,15,17,21H,6-12H2,1H3. The van der Waals surface area contributed by atoms with Crippen molar-refractivity contribution in [1.82, 2.24) is 14.8 Å². The van der Waals surface area contributed by atoms with Crippen LogP contribution in [-0.2, 0) is 0 Å². The van der Waals surface area contributed by atoms with E-state index in [2.05, 4.69) is 33.7 Å². The van der Waals surface area contributed by atoms with Crippen LogP contribution < -0.4 is 4.74 Å². The normalized spacial score (nSPS) is 25.9. The first-order valence-electron chi connectivity index (χ1n) is 7.89. The van der Waals surface area contributed by atoms with Gasteiger partial charge in [-0.15, -0.1) is 0 Å². The second kappa shape index (κ2) is 7.10. The Balaban J connectivity index is 1.46. The van der Waals surface area contributed by atoms with Crippen molar-refractivity contribution in [3.05, 3.63) is 24.0 Å². The predicted molar refractivity (Wildman–Crippen MR) is 84.7 cm³/mol. The maximum Gasteiger partial charge on any atom is 0.138 e. The molecule has 5 nitrogen and oxygen atoms in total. The number of ether oxygens (including phenoxy) is 1. The molecule has 5 heteroatoms. The molecule has 0 bridgehead atoms. The van der Waals surface area contributed by atoms with Crippen molar-refractivity contribution in [2.24, 2.45) is 0 Å². The Kier molecular flexibility index (Phi) is 4.94. The molecule has 0 amide bonds. The lowest BCUT2D eigenvalue weighted by molar-refractivity contribution is -0.0109. The van der Waals surface area contributed by atoms with Crippen LogP contribution in [0.3, 0.4) is 0 Å². The summed E-state index contributed by atoms with van der Waals surface area (Å²) in [5.74, 6) is 7.05. The van der Waals surface area contributed by atoms with Crippen LogP contribution in [0.15, 0.2) is 18.3 Å². The molecular weight excluding hydrogens is 278 g/mol. The van der Waals surface area contributed by atoms with Crippen LogP contribution in [0.1, 0.15) is 18.5 Å². The number of likely N-dealkylation sites (N-methyl/N-ethyl adjacent to an activating group) is 1. The number of aromatic nitrogens is 1. The van der Waals surface area contributed by atoms with Gasteiger partial charge in [0.2, 0.25) is 0 Å². The monoisotopic (exact) mass is 301 g/mol. The van der Waals surface area contributed by atoms with Crippen LogP contribution in [0, 0.1) is 11.8 Å². The summed E-state index contributed by atoms with van der Waals surface area (Å²) in [5.41, 5.74) is 0.773. The maximum atomic E-state index is 9.24. The highest BCUT2D eigenvalue weighted by Gasteiger charge is 2.28. The van der Waals surface area contributed by atoms with E-state index in [1.807, 2.05) is 12.1 Å². The van der Waals surface area contributed by atoms with Crippen LogP contribution in [0.5, 0.6) is 5.75 Å². The Bertz CT molecular complexity index is 535. The summed E-state index contributed by atoms with van der Waals surface area (Å²) >= 11 is 0. The van der Waals surface area contributed by atoms with E-state index in [4.69, 9.17) is 4.74 Å².